The molecule has 0 aliphatic carbocycles. The van der Waals surface area contributed by atoms with Crippen LogP contribution in [0, 0.1) is 0 Å². The van der Waals surface area contributed by atoms with Gasteiger partial charge in [0.2, 0.25) is 5.95 Å². The number of imidazole rings is 2. The van der Waals surface area contributed by atoms with Gasteiger partial charge < -0.3 is 40.2 Å². The molecule has 25 heteroatoms. The fourth-order valence-corrected chi connectivity index (χ4v) is 6.98. The predicted molar refractivity (Wildman–Crippen MR) is 161 cm³/mol. The molecule has 2 saturated heterocycles. The Hall–Kier alpha value is -2.79. The number of aromatic nitrogens is 8. The lowest BCUT2D eigenvalue weighted by Crippen LogP contribution is -2.36. The van der Waals surface area contributed by atoms with E-state index in [2.05, 4.69) is 42.5 Å². The smallest absolute Gasteiger partial charge is 0.327 e. The molecule has 6 heterocycles. The second-order valence-electron chi connectivity index (χ2n) is 9.89. The van der Waals surface area contributed by atoms with Gasteiger partial charge in [-0.05, 0) is 11.8 Å². The number of anilines is 2. The Labute approximate surface area is 268 Å². The number of halogens is 1. The van der Waals surface area contributed by atoms with Gasteiger partial charge in [0.15, 0.2) is 41.3 Å². The third-order valence-electron chi connectivity index (χ3n) is 7.18. The normalized spacial score (nSPS) is 29.7. The number of aromatic amines is 1. The average molecular weight is 723 g/mol. The van der Waals surface area contributed by atoms with Crippen molar-refractivity contribution >= 4 is 73.9 Å². The fourth-order valence-electron chi connectivity index (χ4n) is 5.17. The maximum absolute atomic E-state index is 15.9. The number of nitrogens with one attached hydrogen (secondary N) is 1. The van der Waals surface area contributed by atoms with Gasteiger partial charge in [0.05, 0.1) is 31.8 Å². The number of nitrogen functional groups attached to an aromatic ring is 2. The highest BCUT2D eigenvalue weighted by Gasteiger charge is 2.51. The molecule has 2 aliphatic heterocycles. The van der Waals surface area contributed by atoms with Crippen LogP contribution in [-0.2, 0) is 44.2 Å². The second-order valence-corrected chi connectivity index (χ2v) is 13.3. The predicted octanol–water partition coefficient (Wildman–Crippen LogP) is -0.268. The maximum atomic E-state index is 15.9. The first-order valence-electron chi connectivity index (χ1n) is 13.1. The molecule has 9 atom stereocenters. The molecule has 46 heavy (non-hydrogen) atoms. The van der Waals surface area contributed by atoms with Crippen LogP contribution in [0.3, 0.4) is 0 Å². The molecule has 6 rings (SSSR count). The Morgan fingerprint density at radius 2 is 1.80 bits per heavy atom. The highest BCUT2D eigenvalue weighted by Crippen LogP contribution is 2.50. The molecule has 2 aliphatic rings. The number of alkyl halides is 1. The summed E-state index contributed by atoms with van der Waals surface area (Å²) in [7, 11) is -0.711. The molecule has 248 valence electrons. The number of thiol groups is 1. The Bertz CT molecular complexity index is 1850. The van der Waals surface area contributed by atoms with Gasteiger partial charge in [-0.1, -0.05) is 0 Å². The minimum atomic E-state index is -4.29. The Morgan fingerprint density at radius 1 is 1.09 bits per heavy atom. The summed E-state index contributed by atoms with van der Waals surface area (Å²) in [6.07, 6.45) is -7.24. The maximum Gasteiger partial charge on any atom is 0.327 e. The van der Waals surface area contributed by atoms with E-state index in [9.17, 15) is 19.4 Å². The second kappa shape index (κ2) is 13.4. The monoisotopic (exact) mass is 722 g/mol. The largest absolute Gasteiger partial charge is 0.387 e. The number of H-pyrrole nitrogens is 1. The van der Waals surface area contributed by atoms with Gasteiger partial charge in [-0.25, -0.2) is 28.9 Å². The van der Waals surface area contributed by atoms with Crippen molar-refractivity contribution in [2.45, 2.75) is 49.1 Å². The lowest BCUT2D eigenvalue weighted by molar-refractivity contribution is -0.0611. The molecule has 0 amide bonds. The van der Waals surface area contributed by atoms with E-state index in [-0.39, 0.29) is 40.0 Å². The van der Waals surface area contributed by atoms with E-state index in [1.165, 1.54) is 28.1 Å². The quantitative estimate of drug-likeness (QED) is 0.0624. The van der Waals surface area contributed by atoms with E-state index >= 15 is 4.39 Å². The number of aliphatic hydroxyl groups excluding tert-OH is 1. The Kier molecular flexibility index (Phi) is 9.63. The summed E-state index contributed by atoms with van der Waals surface area (Å²) in [6.45, 7) is -5.25. The molecule has 0 bridgehead atoms. The van der Waals surface area contributed by atoms with Gasteiger partial charge in [0.25, 0.3) is 5.56 Å². The first-order valence-corrected chi connectivity index (χ1v) is 17.1. The third-order valence-corrected chi connectivity index (χ3v) is 9.14. The van der Waals surface area contributed by atoms with Gasteiger partial charge in [0, 0.05) is 0 Å². The summed E-state index contributed by atoms with van der Waals surface area (Å²) in [5.74, 6) is -0.245. The Morgan fingerprint density at radius 3 is 2.54 bits per heavy atom. The zero-order valence-electron chi connectivity index (χ0n) is 23.0. The zero-order chi connectivity index (χ0) is 32.7. The molecule has 0 aromatic carbocycles. The molecule has 4 aromatic heterocycles. The van der Waals surface area contributed by atoms with Gasteiger partial charge in [0.1, 0.15) is 42.4 Å². The number of rotatable bonds is 12. The van der Waals surface area contributed by atoms with Gasteiger partial charge in [-0.3, -0.25) is 28.0 Å². The number of ether oxygens (including phenoxy) is 3. The van der Waals surface area contributed by atoms with Crippen molar-refractivity contribution in [2.75, 3.05) is 30.6 Å². The highest BCUT2D eigenvalue weighted by atomic mass is 32.5. The number of fused-ring (bicyclic) bond motifs is 2. The number of nitrogens with two attached hydrogens (primary N) is 2. The first-order chi connectivity index (χ1) is 22.0. The van der Waals surface area contributed by atoms with Crippen LogP contribution in [0.5, 0.6) is 0 Å². The van der Waals surface area contributed by atoms with Crippen molar-refractivity contribution in [3.63, 3.8) is 0 Å². The fraction of sp³-hybridized carbons (Fsp3) is 0.524. The summed E-state index contributed by atoms with van der Waals surface area (Å²) >= 11 is 9.23. The van der Waals surface area contributed by atoms with Crippen LogP contribution in [0.4, 0.5) is 16.2 Å². The molecule has 4 aromatic rings. The van der Waals surface area contributed by atoms with Crippen LogP contribution in [-0.4, -0.2) is 105 Å². The van der Waals surface area contributed by atoms with Crippen LogP contribution < -0.4 is 17.0 Å². The van der Waals surface area contributed by atoms with E-state index in [0.717, 1.165) is 0 Å². The standard InChI is InChI=1S/C21H25FN10O10P2S2/c22-9-13(8(1-38-43-35)41-19(9)31-4-27-10-15(23)25-3-26-16(10)31)42-44(36,46)39-2-7-12(33)14(37-6-45)20(40-7)32-5-28-11-17(32)29-21(24)30-18(11)34/h3-5,7-9,12-14,19-20,33,45H,1-2,6H2,(H,36,46)(H2,23,25,26)(H3,24,29,30,34). The minimum Gasteiger partial charge on any atom is -0.387 e. The molecule has 20 nitrogen and oxygen atoms in total. The van der Waals surface area contributed by atoms with E-state index < -0.39 is 83.3 Å². The number of hydrogen-bond acceptors (Lipinski definition) is 18. The summed E-state index contributed by atoms with van der Waals surface area (Å²) < 4.78 is 62.8. The van der Waals surface area contributed by atoms with E-state index in [4.69, 9.17) is 51.1 Å². The zero-order valence-corrected chi connectivity index (χ0v) is 26.5. The topological polar surface area (TPSA) is 272 Å². The molecule has 2 fully saturated rings. The van der Waals surface area contributed by atoms with Crippen LogP contribution in [0.15, 0.2) is 23.8 Å². The summed E-state index contributed by atoms with van der Waals surface area (Å²) in [5.41, 5.74) is 11.3. The summed E-state index contributed by atoms with van der Waals surface area (Å²) in [6, 6.07) is 0. The van der Waals surface area contributed by atoms with Gasteiger partial charge >= 0.3 is 15.4 Å². The number of hydrogen-bond donors (Lipinski definition) is 6. The van der Waals surface area contributed by atoms with Gasteiger partial charge in [-0.2, -0.15) is 17.6 Å². The lowest BCUT2D eigenvalue weighted by atomic mass is 10.1. The van der Waals surface area contributed by atoms with Crippen molar-refractivity contribution in [3.8, 4) is 0 Å². The molecule has 9 unspecified atom stereocenters. The van der Waals surface area contributed by atoms with Crippen LogP contribution in [0.25, 0.3) is 22.3 Å². The molecule has 0 radical (unpaired) electrons. The minimum absolute atomic E-state index is 0.0386. The SMILES string of the molecule is Nc1nc2c(ncn2C2OC(COP(O)(=S)OC3C(COP=O)OC(n4cnc5c(N)ncnc54)C3F)C(O)C2OCS)c(=O)[nH]1. The Balaban J connectivity index is 1.18. The van der Waals surface area contributed by atoms with Crippen LogP contribution >= 0.6 is 28.0 Å². The van der Waals surface area contributed by atoms with Crippen LogP contribution in [0.2, 0.25) is 0 Å². The first kappa shape index (κ1) is 33.1. The summed E-state index contributed by atoms with van der Waals surface area (Å²) in [4.78, 5) is 45.7. The van der Waals surface area contributed by atoms with Crippen molar-refractivity contribution in [1.82, 2.24) is 39.0 Å². The molecular weight excluding hydrogens is 697 g/mol. The molecule has 0 spiro atoms. The number of nitrogens with zero attached hydrogens (tertiary/aromatic N) is 7. The highest BCUT2D eigenvalue weighted by molar-refractivity contribution is 8.07. The van der Waals surface area contributed by atoms with E-state index in [1.54, 1.807) is 0 Å². The summed E-state index contributed by atoms with van der Waals surface area (Å²) in [5, 5.41) is 11.0. The number of aliphatic hydroxyl groups is 1. The molecule has 0 saturated carbocycles. The van der Waals surface area contributed by atoms with Crippen LogP contribution in [0.1, 0.15) is 12.5 Å². The third kappa shape index (κ3) is 6.25. The van der Waals surface area contributed by atoms with Crippen molar-refractivity contribution < 1.29 is 46.7 Å². The van der Waals surface area contributed by atoms with Gasteiger partial charge in [-0.15, -0.1) is 0 Å². The van der Waals surface area contributed by atoms with Crippen molar-refractivity contribution in [1.29, 1.82) is 0 Å². The lowest BCUT2D eigenvalue weighted by Gasteiger charge is -2.25. The van der Waals surface area contributed by atoms with E-state index in [1.807, 2.05) is 0 Å². The molecule has 7 N–H and O–H groups in total. The van der Waals surface area contributed by atoms with Crippen molar-refractivity contribution in [3.05, 3.63) is 29.3 Å². The average Bonchev–Trinajstić information content (AvgIpc) is 3.77. The van der Waals surface area contributed by atoms with Crippen molar-refractivity contribution in [2.24, 2.45) is 0 Å². The van der Waals surface area contributed by atoms with E-state index in [0.29, 0.717) is 0 Å². The molecular formula is C21H25FN10O10P2S2.